The van der Waals surface area contributed by atoms with Crippen LogP contribution in [0.2, 0.25) is 0 Å². The molecule has 0 saturated carbocycles. The van der Waals surface area contributed by atoms with Gasteiger partial charge in [-0.1, -0.05) is 75.9 Å². The smallest absolute Gasteiger partial charge is 0.0163 e. The molecule has 1 aromatic rings. The summed E-state index contributed by atoms with van der Waals surface area (Å²) in [6.07, 6.45) is 10.3. The standard InChI is InChI=1S/C19H22S/c1-14-9-6-5-7-10-15(14)16-11-8-12-18(17(16)13-20)19(2,3)4/h5-12,20H,1,13H2,2-4H3. The quantitative estimate of drug-likeness (QED) is 0.682. The van der Waals surface area contributed by atoms with Crippen LogP contribution in [0.4, 0.5) is 0 Å². The molecule has 0 nitrogen and oxygen atoms in total. The van der Waals surface area contributed by atoms with Gasteiger partial charge in [-0.3, -0.25) is 0 Å². The Balaban J connectivity index is 2.64. The maximum atomic E-state index is 4.56. The zero-order valence-electron chi connectivity index (χ0n) is 12.5. The topological polar surface area (TPSA) is 0 Å². The highest BCUT2D eigenvalue weighted by Gasteiger charge is 2.20. The molecule has 104 valence electrons. The van der Waals surface area contributed by atoms with E-state index in [2.05, 4.69) is 76.4 Å². The van der Waals surface area contributed by atoms with Gasteiger partial charge in [0.15, 0.2) is 0 Å². The maximum Gasteiger partial charge on any atom is 0.0163 e. The van der Waals surface area contributed by atoms with Crippen molar-refractivity contribution in [3.05, 3.63) is 77.4 Å². The van der Waals surface area contributed by atoms with Crippen molar-refractivity contribution in [2.45, 2.75) is 31.9 Å². The summed E-state index contributed by atoms with van der Waals surface area (Å²) in [6.45, 7) is 10.9. The molecule has 0 amide bonds. The summed E-state index contributed by atoms with van der Waals surface area (Å²) in [5.41, 5.74) is 6.25. The van der Waals surface area contributed by atoms with E-state index in [-0.39, 0.29) is 5.41 Å². The van der Waals surface area contributed by atoms with Gasteiger partial charge in [0.2, 0.25) is 0 Å². The SMILES string of the molecule is C=C1C=CC=CC=C1c1cccc(C(C)(C)C)c1CS. The van der Waals surface area contributed by atoms with Crippen LogP contribution in [-0.2, 0) is 11.2 Å². The fraction of sp³-hybridized carbons (Fsp3) is 0.263. The minimum absolute atomic E-state index is 0.117. The molecule has 0 saturated heterocycles. The molecule has 0 bridgehead atoms. The molecule has 0 spiro atoms. The molecule has 1 heteroatoms. The normalized spacial score (nSPS) is 15.2. The second-order valence-corrected chi connectivity index (χ2v) is 6.41. The first-order chi connectivity index (χ1) is 9.45. The summed E-state index contributed by atoms with van der Waals surface area (Å²) >= 11 is 4.56. The minimum Gasteiger partial charge on any atom is -0.175 e. The highest BCUT2D eigenvalue weighted by Crippen LogP contribution is 2.35. The molecule has 20 heavy (non-hydrogen) atoms. The Hall–Kier alpha value is -1.47. The molecule has 0 aromatic heterocycles. The fourth-order valence-electron chi connectivity index (χ4n) is 2.56. The minimum atomic E-state index is 0.117. The Morgan fingerprint density at radius 1 is 1.10 bits per heavy atom. The molecule has 0 radical (unpaired) electrons. The van der Waals surface area contributed by atoms with E-state index in [9.17, 15) is 0 Å². The van der Waals surface area contributed by atoms with Gasteiger partial charge in [-0.05, 0) is 33.3 Å². The number of thiol groups is 1. The van der Waals surface area contributed by atoms with Crippen molar-refractivity contribution in [1.82, 2.24) is 0 Å². The van der Waals surface area contributed by atoms with Crippen LogP contribution in [0.5, 0.6) is 0 Å². The number of rotatable bonds is 2. The van der Waals surface area contributed by atoms with Gasteiger partial charge in [-0.2, -0.15) is 12.6 Å². The van der Waals surface area contributed by atoms with Crippen molar-refractivity contribution in [3.8, 4) is 0 Å². The van der Waals surface area contributed by atoms with Gasteiger partial charge in [0.05, 0.1) is 0 Å². The summed E-state index contributed by atoms with van der Waals surface area (Å²) < 4.78 is 0. The Morgan fingerprint density at radius 2 is 1.85 bits per heavy atom. The van der Waals surface area contributed by atoms with Crippen LogP contribution in [0, 0.1) is 0 Å². The summed E-state index contributed by atoms with van der Waals surface area (Å²) in [6, 6.07) is 6.51. The highest BCUT2D eigenvalue weighted by atomic mass is 32.1. The summed E-state index contributed by atoms with van der Waals surface area (Å²) in [5.74, 6) is 0.737. The first kappa shape index (κ1) is 14.9. The number of hydrogen-bond donors (Lipinski definition) is 1. The van der Waals surface area contributed by atoms with E-state index in [0.29, 0.717) is 0 Å². The van der Waals surface area contributed by atoms with Crippen LogP contribution in [0.3, 0.4) is 0 Å². The van der Waals surface area contributed by atoms with E-state index >= 15 is 0 Å². The molecule has 0 atom stereocenters. The largest absolute Gasteiger partial charge is 0.175 e. The maximum absolute atomic E-state index is 4.56. The van der Waals surface area contributed by atoms with Crippen molar-refractivity contribution in [1.29, 1.82) is 0 Å². The Morgan fingerprint density at radius 3 is 2.50 bits per heavy atom. The summed E-state index contributed by atoms with van der Waals surface area (Å²) in [7, 11) is 0. The summed E-state index contributed by atoms with van der Waals surface area (Å²) in [5, 5.41) is 0. The van der Waals surface area contributed by atoms with Crippen LogP contribution >= 0.6 is 12.6 Å². The van der Waals surface area contributed by atoms with Crippen molar-refractivity contribution in [3.63, 3.8) is 0 Å². The van der Waals surface area contributed by atoms with E-state index in [1.807, 2.05) is 12.2 Å². The van der Waals surface area contributed by atoms with Gasteiger partial charge in [0.25, 0.3) is 0 Å². The first-order valence-electron chi connectivity index (χ1n) is 6.93. The van der Waals surface area contributed by atoms with E-state index in [1.165, 1.54) is 22.3 Å². The fourth-order valence-corrected chi connectivity index (χ4v) is 2.90. The average molecular weight is 282 g/mol. The first-order valence-corrected chi connectivity index (χ1v) is 7.56. The monoisotopic (exact) mass is 282 g/mol. The van der Waals surface area contributed by atoms with E-state index in [0.717, 1.165) is 11.3 Å². The molecule has 0 aliphatic heterocycles. The molecule has 1 aliphatic rings. The second-order valence-electron chi connectivity index (χ2n) is 6.09. The van der Waals surface area contributed by atoms with Crippen molar-refractivity contribution in [2.24, 2.45) is 0 Å². The van der Waals surface area contributed by atoms with E-state index < -0.39 is 0 Å². The van der Waals surface area contributed by atoms with Crippen LogP contribution in [-0.4, -0.2) is 0 Å². The zero-order valence-corrected chi connectivity index (χ0v) is 13.4. The second kappa shape index (κ2) is 5.88. The Labute approximate surface area is 128 Å². The molecule has 0 fully saturated rings. The van der Waals surface area contributed by atoms with Crippen LogP contribution in [0.1, 0.15) is 37.5 Å². The molecule has 1 aliphatic carbocycles. The van der Waals surface area contributed by atoms with Gasteiger partial charge >= 0.3 is 0 Å². The van der Waals surface area contributed by atoms with Crippen LogP contribution in [0.25, 0.3) is 5.57 Å². The van der Waals surface area contributed by atoms with E-state index in [1.54, 1.807) is 0 Å². The molecule has 0 unspecified atom stereocenters. The van der Waals surface area contributed by atoms with E-state index in [4.69, 9.17) is 0 Å². The predicted octanol–water partition coefficient (Wildman–Crippen LogP) is 5.48. The van der Waals surface area contributed by atoms with Gasteiger partial charge in [-0.15, -0.1) is 0 Å². The predicted molar refractivity (Wildman–Crippen MR) is 93.2 cm³/mol. The molecular formula is C19H22S. The third-order valence-electron chi connectivity index (χ3n) is 3.56. The Kier molecular flexibility index (Phi) is 4.39. The van der Waals surface area contributed by atoms with Crippen LogP contribution in [0.15, 0.2) is 60.7 Å². The Bertz CT molecular complexity index is 607. The molecule has 0 N–H and O–H groups in total. The molecule has 2 rings (SSSR count). The molecule has 1 aromatic carbocycles. The van der Waals surface area contributed by atoms with Gasteiger partial charge in [-0.25, -0.2) is 0 Å². The van der Waals surface area contributed by atoms with Crippen LogP contribution < -0.4 is 0 Å². The highest BCUT2D eigenvalue weighted by molar-refractivity contribution is 7.79. The zero-order chi connectivity index (χ0) is 14.8. The van der Waals surface area contributed by atoms with Crippen molar-refractivity contribution >= 4 is 18.2 Å². The molecular weight excluding hydrogens is 260 g/mol. The number of hydrogen-bond acceptors (Lipinski definition) is 1. The average Bonchev–Trinajstić information content (AvgIpc) is 2.61. The third kappa shape index (κ3) is 2.99. The number of benzene rings is 1. The lowest BCUT2D eigenvalue weighted by atomic mass is 9.80. The van der Waals surface area contributed by atoms with Crippen molar-refractivity contribution in [2.75, 3.05) is 0 Å². The lowest BCUT2D eigenvalue weighted by molar-refractivity contribution is 0.585. The van der Waals surface area contributed by atoms with Gasteiger partial charge < -0.3 is 0 Å². The summed E-state index contributed by atoms with van der Waals surface area (Å²) in [4.78, 5) is 0. The third-order valence-corrected chi connectivity index (χ3v) is 3.88. The lowest BCUT2D eigenvalue weighted by Gasteiger charge is -2.25. The number of allylic oxidation sites excluding steroid dienone is 7. The molecule has 0 heterocycles. The van der Waals surface area contributed by atoms with Gasteiger partial charge in [0.1, 0.15) is 0 Å². The lowest BCUT2D eigenvalue weighted by Crippen LogP contribution is -2.15. The van der Waals surface area contributed by atoms with Crippen molar-refractivity contribution < 1.29 is 0 Å². The van der Waals surface area contributed by atoms with Gasteiger partial charge in [0, 0.05) is 5.75 Å².